The van der Waals surface area contributed by atoms with Gasteiger partial charge < -0.3 is 19.6 Å². The lowest BCUT2D eigenvalue weighted by molar-refractivity contribution is -0.137. The molecular formula is C21H31N3O4. The second kappa shape index (κ2) is 8.09. The standard InChI is InChI=1S/C21H31N3O4/c1-22(2)21(17-7-5-4-6-8-17)11-9-20(10-12-21)16-23(15-18(25)26)19(27)24(20)13-14-28-3/h4-8H,9-16H2,1-3H3,(H,25,26). The van der Waals surface area contributed by atoms with Gasteiger partial charge in [-0.3, -0.25) is 9.69 Å². The van der Waals surface area contributed by atoms with Gasteiger partial charge in [0.25, 0.3) is 0 Å². The molecule has 0 bridgehead atoms. The third-order valence-electron chi connectivity index (χ3n) is 6.58. The van der Waals surface area contributed by atoms with Crippen LogP contribution in [0.1, 0.15) is 31.2 Å². The molecule has 1 aliphatic carbocycles. The van der Waals surface area contributed by atoms with Gasteiger partial charge in [-0.1, -0.05) is 30.3 Å². The zero-order chi connectivity index (χ0) is 20.4. The van der Waals surface area contributed by atoms with Crippen LogP contribution in [-0.2, 0) is 15.1 Å². The monoisotopic (exact) mass is 389 g/mol. The maximum Gasteiger partial charge on any atom is 0.323 e. The predicted octanol–water partition coefficient (Wildman–Crippen LogP) is 2.22. The Kier molecular flexibility index (Phi) is 5.95. The third-order valence-corrected chi connectivity index (χ3v) is 6.58. The van der Waals surface area contributed by atoms with Gasteiger partial charge in [0.1, 0.15) is 6.54 Å². The summed E-state index contributed by atoms with van der Waals surface area (Å²) in [6, 6.07) is 10.3. The zero-order valence-electron chi connectivity index (χ0n) is 17.1. The molecular weight excluding hydrogens is 358 g/mol. The van der Waals surface area contributed by atoms with E-state index < -0.39 is 5.97 Å². The molecule has 1 saturated heterocycles. The summed E-state index contributed by atoms with van der Waals surface area (Å²) < 4.78 is 5.21. The van der Waals surface area contributed by atoms with E-state index in [1.807, 2.05) is 11.0 Å². The average molecular weight is 389 g/mol. The van der Waals surface area contributed by atoms with Crippen molar-refractivity contribution in [1.29, 1.82) is 0 Å². The molecule has 1 N–H and O–H groups in total. The smallest absolute Gasteiger partial charge is 0.323 e. The van der Waals surface area contributed by atoms with Crippen molar-refractivity contribution in [1.82, 2.24) is 14.7 Å². The van der Waals surface area contributed by atoms with Crippen molar-refractivity contribution in [2.45, 2.75) is 36.8 Å². The van der Waals surface area contributed by atoms with Crippen molar-refractivity contribution >= 4 is 12.0 Å². The number of ether oxygens (including phenoxy) is 1. The minimum Gasteiger partial charge on any atom is -0.480 e. The van der Waals surface area contributed by atoms with E-state index >= 15 is 0 Å². The fourth-order valence-corrected chi connectivity index (χ4v) is 4.98. The van der Waals surface area contributed by atoms with E-state index in [9.17, 15) is 14.7 Å². The number of urea groups is 1. The number of hydrogen-bond donors (Lipinski definition) is 1. The highest BCUT2D eigenvalue weighted by atomic mass is 16.5. The van der Waals surface area contributed by atoms with Crippen LogP contribution >= 0.6 is 0 Å². The van der Waals surface area contributed by atoms with Gasteiger partial charge in [-0.05, 0) is 45.3 Å². The van der Waals surface area contributed by atoms with Gasteiger partial charge in [0.05, 0.1) is 12.1 Å². The number of carboxylic acid groups (broad SMARTS) is 1. The maximum atomic E-state index is 12.9. The van der Waals surface area contributed by atoms with Crippen LogP contribution < -0.4 is 0 Å². The molecule has 0 atom stereocenters. The highest BCUT2D eigenvalue weighted by molar-refractivity contribution is 5.83. The summed E-state index contributed by atoms with van der Waals surface area (Å²) >= 11 is 0. The molecule has 0 unspecified atom stereocenters. The van der Waals surface area contributed by atoms with E-state index in [-0.39, 0.29) is 23.7 Å². The summed E-state index contributed by atoms with van der Waals surface area (Å²) in [6.45, 7) is 1.17. The number of amides is 2. The van der Waals surface area contributed by atoms with E-state index in [1.54, 1.807) is 7.11 Å². The molecule has 0 radical (unpaired) electrons. The Balaban J connectivity index is 1.86. The van der Waals surface area contributed by atoms with Crippen LogP contribution in [0.15, 0.2) is 30.3 Å². The van der Waals surface area contributed by atoms with Crippen molar-refractivity contribution in [2.24, 2.45) is 0 Å². The van der Waals surface area contributed by atoms with Crippen LogP contribution in [0.3, 0.4) is 0 Å². The molecule has 1 heterocycles. The van der Waals surface area contributed by atoms with Gasteiger partial charge >= 0.3 is 12.0 Å². The number of benzene rings is 1. The molecule has 2 aliphatic rings. The highest BCUT2D eigenvalue weighted by Crippen LogP contribution is 2.48. The number of carbonyl (C=O) groups excluding carboxylic acids is 1. The lowest BCUT2D eigenvalue weighted by Gasteiger charge is -2.51. The SMILES string of the molecule is COCCN1C(=O)N(CC(=O)O)CC12CCC(c1ccccc1)(N(C)C)CC2. The van der Waals surface area contributed by atoms with E-state index in [0.717, 1.165) is 25.7 Å². The van der Waals surface area contributed by atoms with Gasteiger partial charge in [0.15, 0.2) is 0 Å². The van der Waals surface area contributed by atoms with Gasteiger partial charge in [-0.25, -0.2) is 4.79 Å². The normalized spacial score (nSPS) is 27.8. The summed E-state index contributed by atoms with van der Waals surface area (Å²) in [6.07, 6.45) is 3.51. The van der Waals surface area contributed by atoms with Gasteiger partial charge in [0, 0.05) is 25.7 Å². The number of carboxylic acids is 1. The van der Waals surface area contributed by atoms with E-state index in [0.29, 0.717) is 19.7 Å². The molecule has 28 heavy (non-hydrogen) atoms. The van der Waals surface area contributed by atoms with Crippen LogP contribution in [0.5, 0.6) is 0 Å². The topological polar surface area (TPSA) is 73.3 Å². The summed E-state index contributed by atoms with van der Waals surface area (Å²) in [7, 11) is 5.85. The Labute approximate surface area is 166 Å². The molecule has 154 valence electrons. The molecule has 1 saturated carbocycles. The second-order valence-electron chi connectivity index (χ2n) is 8.19. The lowest BCUT2D eigenvalue weighted by atomic mass is 9.68. The van der Waals surface area contributed by atoms with E-state index in [4.69, 9.17) is 4.74 Å². The number of aliphatic carboxylic acids is 1. The molecule has 1 spiro atoms. The molecule has 1 aliphatic heterocycles. The summed E-state index contributed by atoms with van der Waals surface area (Å²) in [4.78, 5) is 29.8. The maximum absolute atomic E-state index is 12.9. The molecule has 2 fully saturated rings. The largest absolute Gasteiger partial charge is 0.480 e. The Morgan fingerprint density at radius 3 is 2.36 bits per heavy atom. The second-order valence-corrected chi connectivity index (χ2v) is 8.19. The fourth-order valence-electron chi connectivity index (χ4n) is 4.98. The summed E-state index contributed by atoms with van der Waals surface area (Å²) in [5.74, 6) is -0.972. The summed E-state index contributed by atoms with van der Waals surface area (Å²) in [5, 5.41) is 9.20. The van der Waals surface area contributed by atoms with Crippen LogP contribution in [0, 0.1) is 0 Å². The first-order chi connectivity index (χ1) is 13.3. The first kappa shape index (κ1) is 20.6. The van der Waals surface area contributed by atoms with Crippen molar-refractivity contribution in [3.63, 3.8) is 0 Å². The molecule has 0 aromatic heterocycles. The van der Waals surface area contributed by atoms with Gasteiger partial charge in [-0.2, -0.15) is 0 Å². The lowest BCUT2D eigenvalue weighted by Crippen LogP contribution is -2.56. The Bertz CT molecular complexity index is 699. The van der Waals surface area contributed by atoms with Crippen molar-refractivity contribution < 1.29 is 19.4 Å². The Morgan fingerprint density at radius 1 is 1.18 bits per heavy atom. The predicted molar refractivity (Wildman–Crippen MR) is 106 cm³/mol. The Hall–Kier alpha value is -2.12. The Morgan fingerprint density at radius 2 is 1.82 bits per heavy atom. The molecule has 1 aromatic rings. The number of rotatable bonds is 7. The molecule has 7 heteroatoms. The number of hydrogen-bond acceptors (Lipinski definition) is 4. The van der Waals surface area contributed by atoms with Crippen LogP contribution in [0.4, 0.5) is 4.79 Å². The van der Waals surface area contributed by atoms with Crippen LogP contribution in [-0.4, -0.2) is 84.8 Å². The first-order valence-corrected chi connectivity index (χ1v) is 9.85. The quantitative estimate of drug-likeness (QED) is 0.774. The number of methoxy groups -OCH3 is 1. The minimum atomic E-state index is -0.972. The van der Waals surface area contributed by atoms with Gasteiger partial charge in [-0.15, -0.1) is 0 Å². The highest BCUT2D eigenvalue weighted by Gasteiger charge is 2.54. The zero-order valence-corrected chi connectivity index (χ0v) is 17.1. The number of carbonyl (C=O) groups is 2. The third kappa shape index (κ3) is 3.61. The molecule has 3 rings (SSSR count). The van der Waals surface area contributed by atoms with Crippen molar-refractivity contribution in [2.75, 3.05) is 47.4 Å². The average Bonchev–Trinajstić information content (AvgIpc) is 2.92. The molecule has 2 amide bonds. The van der Waals surface area contributed by atoms with Crippen LogP contribution in [0.25, 0.3) is 0 Å². The minimum absolute atomic E-state index is 0.0668. The van der Waals surface area contributed by atoms with Crippen molar-refractivity contribution in [3.05, 3.63) is 35.9 Å². The van der Waals surface area contributed by atoms with Crippen LogP contribution in [0.2, 0.25) is 0 Å². The fraction of sp³-hybridized carbons (Fsp3) is 0.619. The first-order valence-electron chi connectivity index (χ1n) is 9.85. The number of nitrogens with zero attached hydrogens (tertiary/aromatic N) is 3. The summed E-state index contributed by atoms with van der Waals surface area (Å²) in [5.41, 5.74) is 0.909. The van der Waals surface area contributed by atoms with Crippen molar-refractivity contribution in [3.8, 4) is 0 Å². The van der Waals surface area contributed by atoms with Gasteiger partial charge in [0.2, 0.25) is 0 Å². The molecule has 7 nitrogen and oxygen atoms in total. The van der Waals surface area contributed by atoms with E-state index in [1.165, 1.54) is 10.5 Å². The van der Waals surface area contributed by atoms with E-state index in [2.05, 4.69) is 43.3 Å². The molecule has 1 aromatic carbocycles.